The van der Waals surface area contributed by atoms with Gasteiger partial charge in [-0.15, -0.1) is 11.6 Å². The highest BCUT2D eigenvalue weighted by atomic mass is 35.5. The SMILES string of the molecule is O=C(CCl)Nc1ccn(Cc2cccc3ccccc23)n1. The van der Waals surface area contributed by atoms with E-state index in [-0.39, 0.29) is 11.8 Å². The quantitative estimate of drug-likeness (QED) is 0.752. The second-order valence-electron chi connectivity index (χ2n) is 4.72. The summed E-state index contributed by atoms with van der Waals surface area (Å²) >= 11 is 5.46. The van der Waals surface area contributed by atoms with Crippen molar-refractivity contribution < 1.29 is 4.79 Å². The van der Waals surface area contributed by atoms with Gasteiger partial charge in [0.25, 0.3) is 0 Å². The van der Waals surface area contributed by atoms with Gasteiger partial charge in [-0.1, -0.05) is 42.5 Å². The Balaban J connectivity index is 1.84. The fourth-order valence-corrected chi connectivity index (χ4v) is 2.36. The van der Waals surface area contributed by atoms with Crippen molar-refractivity contribution in [2.24, 2.45) is 0 Å². The summed E-state index contributed by atoms with van der Waals surface area (Å²) in [6, 6.07) is 16.2. The van der Waals surface area contributed by atoms with Crippen molar-refractivity contribution in [1.82, 2.24) is 9.78 Å². The number of aromatic nitrogens is 2. The number of carbonyl (C=O) groups is 1. The monoisotopic (exact) mass is 299 g/mol. The van der Waals surface area contributed by atoms with Gasteiger partial charge in [-0.3, -0.25) is 9.48 Å². The van der Waals surface area contributed by atoms with Gasteiger partial charge in [0.05, 0.1) is 6.54 Å². The summed E-state index contributed by atoms with van der Waals surface area (Å²) in [7, 11) is 0. The molecule has 0 saturated heterocycles. The third-order valence-electron chi connectivity index (χ3n) is 3.24. The van der Waals surface area contributed by atoms with Gasteiger partial charge < -0.3 is 5.32 Å². The molecule has 0 radical (unpaired) electrons. The van der Waals surface area contributed by atoms with Crippen molar-refractivity contribution in [2.45, 2.75) is 6.54 Å². The van der Waals surface area contributed by atoms with Crippen molar-refractivity contribution in [3.63, 3.8) is 0 Å². The van der Waals surface area contributed by atoms with Crippen LogP contribution < -0.4 is 5.32 Å². The van der Waals surface area contributed by atoms with Gasteiger partial charge in [0.1, 0.15) is 5.88 Å². The van der Waals surface area contributed by atoms with E-state index in [1.807, 2.05) is 24.4 Å². The fourth-order valence-electron chi connectivity index (χ4n) is 2.30. The molecule has 0 spiro atoms. The molecule has 0 atom stereocenters. The standard InChI is InChI=1S/C16H14ClN3O/c17-10-16(21)18-15-8-9-20(19-15)11-13-6-3-5-12-4-1-2-7-14(12)13/h1-9H,10-11H2,(H,18,19,21). The molecule has 0 unspecified atom stereocenters. The molecule has 0 fully saturated rings. The molecule has 0 bridgehead atoms. The topological polar surface area (TPSA) is 46.9 Å². The molecule has 3 aromatic rings. The van der Waals surface area contributed by atoms with Gasteiger partial charge >= 0.3 is 0 Å². The summed E-state index contributed by atoms with van der Waals surface area (Å²) in [5.41, 5.74) is 1.19. The Hall–Kier alpha value is -2.33. The van der Waals surface area contributed by atoms with E-state index < -0.39 is 0 Å². The normalized spacial score (nSPS) is 10.7. The zero-order chi connectivity index (χ0) is 14.7. The van der Waals surface area contributed by atoms with Crippen LogP contribution in [0.1, 0.15) is 5.56 Å². The second-order valence-corrected chi connectivity index (χ2v) is 4.99. The first-order valence-electron chi connectivity index (χ1n) is 6.62. The van der Waals surface area contributed by atoms with Crippen molar-refractivity contribution >= 4 is 34.1 Å². The first-order chi connectivity index (χ1) is 10.3. The van der Waals surface area contributed by atoms with E-state index in [9.17, 15) is 4.79 Å². The van der Waals surface area contributed by atoms with Crippen LogP contribution in [0.3, 0.4) is 0 Å². The number of hydrogen-bond donors (Lipinski definition) is 1. The number of rotatable bonds is 4. The number of fused-ring (bicyclic) bond motifs is 1. The molecule has 3 rings (SSSR count). The molecule has 1 aromatic heterocycles. The zero-order valence-corrected chi connectivity index (χ0v) is 12.0. The zero-order valence-electron chi connectivity index (χ0n) is 11.3. The van der Waals surface area contributed by atoms with Gasteiger partial charge in [0.15, 0.2) is 5.82 Å². The number of nitrogens with one attached hydrogen (secondary N) is 1. The number of nitrogens with zero attached hydrogens (tertiary/aromatic N) is 2. The van der Waals surface area contributed by atoms with E-state index in [4.69, 9.17) is 11.6 Å². The van der Waals surface area contributed by atoms with Crippen LogP contribution in [0.4, 0.5) is 5.82 Å². The van der Waals surface area contributed by atoms with Crippen molar-refractivity contribution in [1.29, 1.82) is 0 Å². The van der Waals surface area contributed by atoms with Crippen molar-refractivity contribution in [3.8, 4) is 0 Å². The highest BCUT2D eigenvalue weighted by Gasteiger charge is 2.05. The molecule has 1 amide bonds. The van der Waals surface area contributed by atoms with Crippen molar-refractivity contribution in [3.05, 3.63) is 60.3 Å². The van der Waals surface area contributed by atoms with E-state index in [0.717, 1.165) is 0 Å². The first kappa shape index (κ1) is 13.6. The van der Waals surface area contributed by atoms with E-state index in [0.29, 0.717) is 12.4 Å². The number of benzene rings is 2. The average Bonchev–Trinajstić information content (AvgIpc) is 2.94. The number of hydrogen-bond acceptors (Lipinski definition) is 2. The van der Waals surface area contributed by atoms with Gasteiger partial charge in [0.2, 0.25) is 5.91 Å². The van der Waals surface area contributed by atoms with Gasteiger partial charge in [0, 0.05) is 12.3 Å². The van der Waals surface area contributed by atoms with Gasteiger partial charge in [-0.05, 0) is 16.3 Å². The summed E-state index contributed by atoms with van der Waals surface area (Å²) in [5, 5.41) is 9.37. The molecule has 0 aliphatic carbocycles. The van der Waals surface area contributed by atoms with Crippen LogP contribution in [0.25, 0.3) is 10.8 Å². The molecule has 21 heavy (non-hydrogen) atoms. The summed E-state index contributed by atoms with van der Waals surface area (Å²) in [6.45, 7) is 0.651. The van der Waals surface area contributed by atoms with Crippen LogP contribution in [0.2, 0.25) is 0 Å². The highest BCUT2D eigenvalue weighted by molar-refractivity contribution is 6.28. The maximum atomic E-state index is 11.2. The number of carbonyl (C=O) groups excluding carboxylic acids is 1. The van der Waals surface area contributed by atoms with E-state index in [1.165, 1.54) is 16.3 Å². The second kappa shape index (κ2) is 5.97. The highest BCUT2D eigenvalue weighted by Crippen LogP contribution is 2.19. The fraction of sp³-hybridized carbons (Fsp3) is 0.125. The third-order valence-corrected chi connectivity index (χ3v) is 3.48. The Morgan fingerprint density at radius 1 is 1.14 bits per heavy atom. The molecule has 1 heterocycles. The Morgan fingerprint density at radius 3 is 2.81 bits per heavy atom. The molecular formula is C16H14ClN3O. The van der Waals surface area contributed by atoms with Crippen molar-refractivity contribution in [2.75, 3.05) is 11.2 Å². The minimum absolute atomic E-state index is 0.0732. The van der Waals surface area contributed by atoms with E-state index in [1.54, 1.807) is 10.7 Å². The molecule has 0 saturated carbocycles. The molecule has 0 aliphatic heterocycles. The van der Waals surface area contributed by atoms with Crippen LogP contribution >= 0.6 is 11.6 Å². The maximum Gasteiger partial charge on any atom is 0.240 e. The molecule has 4 nitrogen and oxygen atoms in total. The summed E-state index contributed by atoms with van der Waals surface area (Å²) < 4.78 is 1.80. The lowest BCUT2D eigenvalue weighted by atomic mass is 10.0. The Morgan fingerprint density at radius 2 is 1.95 bits per heavy atom. The smallest absolute Gasteiger partial charge is 0.240 e. The molecular weight excluding hydrogens is 286 g/mol. The molecule has 5 heteroatoms. The van der Waals surface area contributed by atoms with Gasteiger partial charge in [-0.2, -0.15) is 5.10 Å². The predicted molar refractivity (Wildman–Crippen MR) is 84.6 cm³/mol. The number of amides is 1. The van der Waals surface area contributed by atoms with E-state index >= 15 is 0 Å². The minimum Gasteiger partial charge on any atom is -0.308 e. The Bertz CT molecular complexity index is 777. The molecule has 2 aromatic carbocycles. The molecule has 106 valence electrons. The third kappa shape index (κ3) is 3.06. The predicted octanol–water partition coefficient (Wildman–Crippen LogP) is 3.26. The Labute approximate surface area is 127 Å². The average molecular weight is 300 g/mol. The van der Waals surface area contributed by atoms with Gasteiger partial charge in [-0.25, -0.2) is 0 Å². The largest absolute Gasteiger partial charge is 0.308 e. The summed E-state index contributed by atoms with van der Waals surface area (Å²) in [4.78, 5) is 11.2. The summed E-state index contributed by atoms with van der Waals surface area (Å²) in [5.74, 6) is 0.184. The Kier molecular flexibility index (Phi) is 3.88. The molecule has 0 aliphatic rings. The van der Waals surface area contributed by atoms with Crippen LogP contribution in [0, 0.1) is 0 Å². The first-order valence-corrected chi connectivity index (χ1v) is 7.15. The number of alkyl halides is 1. The van der Waals surface area contributed by atoms with E-state index in [2.05, 4.69) is 34.7 Å². The lowest BCUT2D eigenvalue weighted by Crippen LogP contribution is -2.13. The minimum atomic E-state index is -0.257. The van der Waals surface area contributed by atoms with Crippen LogP contribution in [-0.2, 0) is 11.3 Å². The lowest BCUT2D eigenvalue weighted by molar-refractivity contribution is -0.113. The number of halogens is 1. The van der Waals surface area contributed by atoms with Crippen LogP contribution in [0.15, 0.2) is 54.7 Å². The number of anilines is 1. The molecule has 1 N–H and O–H groups in total. The summed E-state index contributed by atoms with van der Waals surface area (Å²) in [6.07, 6.45) is 1.84. The lowest BCUT2D eigenvalue weighted by Gasteiger charge is -2.06. The van der Waals surface area contributed by atoms with Crippen LogP contribution in [-0.4, -0.2) is 21.6 Å². The maximum absolute atomic E-state index is 11.2. The van der Waals surface area contributed by atoms with Crippen LogP contribution in [0.5, 0.6) is 0 Å².